The largest absolute Gasteiger partial charge is 0.328 e. The van der Waals surface area contributed by atoms with Gasteiger partial charge in [0.25, 0.3) is 0 Å². The zero-order valence-corrected chi connectivity index (χ0v) is 12.2. The highest BCUT2D eigenvalue weighted by molar-refractivity contribution is 6.31. The van der Waals surface area contributed by atoms with Crippen molar-refractivity contribution in [1.82, 2.24) is 14.9 Å². The number of rotatable bonds is 3. The van der Waals surface area contributed by atoms with Crippen LogP contribution in [0, 0.1) is 5.92 Å². The van der Waals surface area contributed by atoms with Crippen LogP contribution in [0.2, 0.25) is 5.02 Å². The summed E-state index contributed by atoms with van der Waals surface area (Å²) >= 11 is 6.13. The van der Waals surface area contributed by atoms with E-state index >= 15 is 0 Å². The molecule has 2 aromatic rings. The normalized spacial score (nSPS) is 23.3. The van der Waals surface area contributed by atoms with Crippen molar-refractivity contribution in [3.63, 3.8) is 0 Å². The van der Waals surface area contributed by atoms with E-state index in [1.807, 2.05) is 18.2 Å². The molecule has 19 heavy (non-hydrogen) atoms. The Kier molecular flexibility index (Phi) is 3.50. The van der Waals surface area contributed by atoms with Crippen molar-refractivity contribution in [3.8, 4) is 0 Å². The Morgan fingerprint density at radius 2 is 2.26 bits per heavy atom. The lowest BCUT2D eigenvalue weighted by atomic mass is 9.97. The molecule has 1 fully saturated rings. The van der Waals surface area contributed by atoms with Crippen LogP contribution >= 0.6 is 11.6 Å². The molecule has 1 N–H and O–H groups in total. The Balaban J connectivity index is 2.14. The van der Waals surface area contributed by atoms with Gasteiger partial charge in [0.2, 0.25) is 0 Å². The molecule has 1 saturated heterocycles. The number of aryl methyl sites for hydroxylation is 1. The molecule has 1 aliphatic heterocycles. The highest BCUT2D eigenvalue weighted by Crippen LogP contribution is 2.31. The van der Waals surface area contributed by atoms with E-state index in [-0.39, 0.29) is 0 Å². The molecule has 0 bridgehead atoms. The van der Waals surface area contributed by atoms with Gasteiger partial charge >= 0.3 is 0 Å². The predicted octanol–water partition coefficient (Wildman–Crippen LogP) is 3.42. The average molecular weight is 278 g/mol. The number of halogens is 1. The Bertz CT molecular complexity index is 590. The molecule has 0 radical (unpaired) electrons. The summed E-state index contributed by atoms with van der Waals surface area (Å²) in [5.41, 5.74) is 2.23. The summed E-state index contributed by atoms with van der Waals surface area (Å²) in [7, 11) is 0. The Morgan fingerprint density at radius 3 is 2.95 bits per heavy atom. The second-order valence-corrected chi connectivity index (χ2v) is 5.93. The van der Waals surface area contributed by atoms with Gasteiger partial charge in [-0.15, -0.1) is 0 Å². The van der Waals surface area contributed by atoms with E-state index in [4.69, 9.17) is 16.6 Å². The number of benzene rings is 1. The second kappa shape index (κ2) is 5.14. The van der Waals surface area contributed by atoms with Gasteiger partial charge in [-0.1, -0.05) is 25.4 Å². The summed E-state index contributed by atoms with van der Waals surface area (Å²) in [4.78, 5) is 4.87. The van der Waals surface area contributed by atoms with Gasteiger partial charge in [0.05, 0.1) is 11.0 Å². The van der Waals surface area contributed by atoms with Crippen molar-refractivity contribution >= 4 is 22.6 Å². The first-order chi connectivity index (χ1) is 9.20. The van der Waals surface area contributed by atoms with Crippen molar-refractivity contribution < 1.29 is 0 Å². The third-order valence-electron chi connectivity index (χ3n) is 4.04. The molecule has 0 aliphatic carbocycles. The van der Waals surface area contributed by atoms with Gasteiger partial charge in [0.1, 0.15) is 5.82 Å². The van der Waals surface area contributed by atoms with E-state index in [1.165, 1.54) is 11.3 Å². The molecule has 2 unspecified atom stereocenters. The van der Waals surface area contributed by atoms with Crippen LogP contribution in [0.25, 0.3) is 11.0 Å². The molecular formula is C15H20ClN3. The first-order valence-electron chi connectivity index (χ1n) is 7.07. The molecule has 1 aliphatic rings. The lowest BCUT2D eigenvalue weighted by Gasteiger charge is -2.16. The van der Waals surface area contributed by atoms with E-state index in [1.54, 1.807) is 0 Å². The summed E-state index contributed by atoms with van der Waals surface area (Å²) in [5, 5.41) is 4.25. The van der Waals surface area contributed by atoms with E-state index in [0.717, 1.165) is 36.6 Å². The minimum Gasteiger partial charge on any atom is -0.328 e. The van der Waals surface area contributed by atoms with Crippen LogP contribution in [0.15, 0.2) is 18.2 Å². The first kappa shape index (κ1) is 12.9. The fourth-order valence-corrected chi connectivity index (χ4v) is 3.18. The standard InChI is InChI=1S/C15H20ClN3/c1-3-6-19-14-7-11(16)4-5-13(14)18-15(19)12-9-17-8-10(12)2/h4-5,7,10,12,17H,3,6,8-9H2,1-2H3. The molecular weight excluding hydrogens is 258 g/mol. The molecule has 2 atom stereocenters. The van der Waals surface area contributed by atoms with Gasteiger partial charge in [-0.25, -0.2) is 4.98 Å². The van der Waals surface area contributed by atoms with Crippen molar-refractivity contribution in [3.05, 3.63) is 29.0 Å². The first-order valence-corrected chi connectivity index (χ1v) is 7.45. The van der Waals surface area contributed by atoms with Crippen LogP contribution in [0.5, 0.6) is 0 Å². The third kappa shape index (κ3) is 2.26. The number of imidazole rings is 1. The minimum absolute atomic E-state index is 0.512. The summed E-state index contributed by atoms with van der Waals surface area (Å²) in [5.74, 6) is 2.37. The highest BCUT2D eigenvalue weighted by atomic mass is 35.5. The van der Waals surface area contributed by atoms with E-state index in [9.17, 15) is 0 Å². The van der Waals surface area contributed by atoms with Gasteiger partial charge in [0.15, 0.2) is 0 Å². The van der Waals surface area contributed by atoms with Crippen LogP contribution in [-0.2, 0) is 6.54 Å². The van der Waals surface area contributed by atoms with Crippen molar-refractivity contribution in [2.24, 2.45) is 5.92 Å². The maximum Gasteiger partial charge on any atom is 0.114 e. The highest BCUT2D eigenvalue weighted by Gasteiger charge is 2.29. The molecule has 4 heteroatoms. The molecule has 2 heterocycles. The smallest absolute Gasteiger partial charge is 0.114 e. The quantitative estimate of drug-likeness (QED) is 0.932. The van der Waals surface area contributed by atoms with Crippen LogP contribution in [0.1, 0.15) is 32.0 Å². The van der Waals surface area contributed by atoms with E-state index < -0.39 is 0 Å². The number of hydrogen-bond acceptors (Lipinski definition) is 2. The summed E-state index contributed by atoms with van der Waals surface area (Å²) in [6, 6.07) is 5.99. The summed E-state index contributed by atoms with van der Waals surface area (Å²) < 4.78 is 2.36. The molecule has 1 aromatic heterocycles. The zero-order valence-electron chi connectivity index (χ0n) is 11.5. The van der Waals surface area contributed by atoms with Gasteiger partial charge in [-0.3, -0.25) is 0 Å². The number of nitrogens with zero attached hydrogens (tertiary/aromatic N) is 2. The number of aromatic nitrogens is 2. The lowest BCUT2D eigenvalue weighted by molar-refractivity contribution is 0.514. The van der Waals surface area contributed by atoms with Crippen molar-refractivity contribution in [2.45, 2.75) is 32.7 Å². The van der Waals surface area contributed by atoms with Gasteiger partial charge in [-0.2, -0.15) is 0 Å². The molecule has 0 spiro atoms. The van der Waals surface area contributed by atoms with Crippen molar-refractivity contribution in [1.29, 1.82) is 0 Å². The van der Waals surface area contributed by atoms with Crippen LogP contribution in [0.4, 0.5) is 0 Å². The van der Waals surface area contributed by atoms with Gasteiger partial charge < -0.3 is 9.88 Å². The molecule has 0 amide bonds. The topological polar surface area (TPSA) is 29.9 Å². The number of nitrogens with one attached hydrogen (secondary N) is 1. The van der Waals surface area contributed by atoms with E-state index in [0.29, 0.717) is 11.8 Å². The maximum atomic E-state index is 6.13. The fraction of sp³-hybridized carbons (Fsp3) is 0.533. The molecule has 0 saturated carbocycles. The molecule has 1 aromatic carbocycles. The average Bonchev–Trinajstić information content (AvgIpc) is 2.94. The predicted molar refractivity (Wildman–Crippen MR) is 79.8 cm³/mol. The monoisotopic (exact) mass is 277 g/mol. The Labute approximate surface area is 119 Å². The summed E-state index contributed by atoms with van der Waals surface area (Å²) in [6.07, 6.45) is 1.11. The zero-order chi connectivity index (χ0) is 13.4. The summed E-state index contributed by atoms with van der Waals surface area (Å²) in [6.45, 7) is 7.63. The number of fused-ring (bicyclic) bond motifs is 1. The Hall–Kier alpha value is -1.06. The fourth-order valence-electron chi connectivity index (χ4n) is 3.01. The number of hydrogen-bond donors (Lipinski definition) is 1. The van der Waals surface area contributed by atoms with Crippen LogP contribution < -0.4 is 5.32 Å². The maximum absolute atomic E-state index is 6.13. The molecule has 3 nitrogen and oxygen atoms in total. The van der Waals surface area contributed by atoms with Gasteiger partial charge in [-0.05, 0) is 37.1 Å². The van der Waals surface area contributed by atoms with Crippen LogP contribution in [-0.4, -0.2) is 22.6 Å². The molecule has 102 valence electrons. The Morgan fingerprint density at radius 1 is 1.42 bits per heavy atom. The van der Waals surface area contributed by atoms with Gasteiger partial charge in [0, 0.05) is 24.0 Å². The van der Waals surface area contributed by atoms with Crippen molar-refractivity contribution in [2.75, 3.05) is 13.1 Å². The lowest BCUT2D eigenvalue weighted by Crippen LogP contribution is -2.15. The minimum atomic E-state index is 0.512. The third-order valence-corrected chi connectivity index (χ3v) is 4.27. The van der Waals surface area contributed by atoms with E-state index in [2.05, 4.69) is 23.7 Å². The molecule has 3 rings (SSSR count). The van der Waals surface area contributed by atoms with Crippen LogP contribution in [0.3, 0.4) is 0 Å². The SMILES string of the molecule is CCCn1c(C2CNCC2C)nc2ccc(Cl)cc21. The second-order valence-electron chi connectivity index (χ2n) is 5.50.